The lowest BCUT2D eigenvalue weighted by Crippen LogP contribution is -2.37. The van der Waals surface area contributed by atoms with Crippen LogP contribution in [0.5, 0.6) is 0 Å². The highest BCUT2D eigenvalue weighted by molar-refractivity contribution is 7.17. The van der Waals surface area contributed by atoms with E-state index < -0.39 is 5.60 Å². The van der Waals surface area contributed by atoms with Crippen LogP contribution in [0.3, 0.4) is 0 Å². The summed E-state index contributed by atoms with van der Waals surface area (Å²) in [6, 6.07) is 17.0. The number of hydrogen-bond donors (Lipinski definition) is 1. The molecule has 1 unspecified atom stereocenters. The molecule has 0 saturated carbocycles. The SMILES string of the molecule is OC1(Cc2csc3ccccc23)CCc2ccccc2C1. The smallest absolute Gasteiger partial charge is 0.0731 e. The molecule has 21 heavy (non-hydrogen) atoms. The Morgan fingerprint density at radius 1 is 1.00 bits per heavy atom. The molecule has 1 atom stereocenters. The van der Waals surface area contributed by atoms with E-state index in [0.717, 1.165) is 25.7 Å². The molecule has 0 amide bonds. The molecule has 0 aliphatic heterocycles. The van der Waals surface area contributed by atoms with Gasteiger partial charge in [0.25, 0.3) is 0 Å². The van der Waals surface area contributed by atoms with E-state index in [1.54, 1.807) is 11.3 Å². The van der Waals surface area contributed by atoms with Gasteiger partial charge in [-0.25, -0.2) is 0 Å². The molecule has 1 N–H and O–H groups in total. The van der Waals surface area contributed by atoms with Crippen molar-refractivity contribution in [3.63, 3.8) is 0 Å². The van der Waals surface area contributed by atoms with Gasteiger partial charge in [0.05, 0.1) is 5.60 Å². The molecule has 3 aromatic rings. The summed E-state index contributed by atoms with van der Waals surface area (Å²) in [5.41, 5.74) is 3.40. The van der Waals surface area contributed by atoms with Crippen LogP contribution in [0.2, 0.25) is 0 Å². The van der Waals surface area contributed by atoms with Crippen LogP contribution in [0.4, 0.5) is 0 Å². The Labute approximate surface area is 128 Å². The zero-order chi connectivity index (χ0) is 14.3. The lowest BCUT2D eigenvalue weighted by molar-refractivity contribution is 0.0271. The Morgan fingerprint density at radius 2 is 1.76 bits per heavy atom. The molecule has 1 aliphatic rings. The molecule has 1 aliphatic carbocycles. The molecule has 0 spiro atoms. The second kappa shape index (κ2) is 4.97. The second-order valence-electron chi connectivity index (χ2n) is 6.10. The number of rotatable bonds is 2. The van der Waals surface area contributed by atoms with E-state index in [1.807, 2.05) is 0 Å². The molecule has 1 heterocycles. The predicted molar refractivity (Wildman–Crippen MR) is 88.9 cm³/mol. The zero-order valence-electron chi connectivity index (χ0n) is 11.9. The molecule has 2 heteroatoms. The molecule has 0 radical (unpaired) electrons. The molecule has 1 aromatic heterocycles. The number of fused-ring (bicyclic) bond motifs is 2. The van der Waals surface area contributed by atoms with Crippen molar-refractivity contribution in [1.82, 2.24) is 0 Å². The van der Waals surface area contributed by atoms with Crippen LogP contribution in [-0.4, -0.2) is 10.7 Å². The zero-order valence-corrected chi connectivity index (χ0v) is 12.7. The molecular weight excluding hydrogens is 276 g/mol. The van der Waals surface area contributed by atoms with Crippen molar-refractivity contribution in [2.24, 2.45) is 0 Å². The third-order valence-electron chi connectivity index (χ3n) is 4.58. The van der Waals surface area contributed by atoms with Crippen LogP contribution < -0.4 is 0 Å². The molecule has 0 fully saturated rings. The number of aryl methyl sites for hydroxylation is 1. The highest BCUT2D eigenvalue weighted by Crippen LogP contribution is 2.35. The number of thiophene rings is 1. The fourth-order valence-corrected chi connectivity index (χ4v) is 4.42. The van der Waals surface area contributed by atoms with E-state index in [4.69, 9.17) is 0 Å². The maximum atomic E-state index is 11.1. The van der Waals surface area contributed by atoms with E-state index in [9.17, 15) is 5.11 Å². The van der Waals surface area contributed by atoms with Crippen LogP contribution in [0.15, 0.2) is 53.9 Å². The highest BCUT2D eigenvalue weighted by Gasteiger charge is 2.32. The van der Waals surface area contributed by atoms with Gasteiger partial charge in [-0.3, -0.25) is 0 Å². The fourth-order valence-electron chi connectivity index (χ4n) is 3.46. The third kappa shape index (κ3) is 2.39. The van der Waals surface area contributed by atoms with E-state index >= 15 is 0 Å². The van der Waals surface area contributed by atoms with E-state index in [0.29, 0.717) is 0 Å². The number of benzene rings is 2. The molecule has 1 nitrogen and oxygen atoms in total. The maximum absolute atomic E-state index is 11.1. The summed E-state index contributed by atoms with van der Waals surface area (Å²) in [5, 5.41) is 14.6. The van der Waals surface area contributed by atoms with Gasteiger partial charge in [-0.05, 0) is 46.4 Å². The first-order valence-corrected chi connectivity index (χ1v) is 8.36. The van der Waals surface area contributed by atoms with E-state index in [-0.39, 0.29) is 0 Å². The van der Waals surface area contributed by atoms with Gasteiger partial charge in [-0.1, -0.05) is 42.5 Å². The van der Waals surface area contributed by atoms with Crippen LogP contribution in [0, 0.1) is 0 Å². The summed E-state index contributed by atoms with van der Waals surface area (Å²) < 4.78 is 1.31. The third-order valence-corrected chi connectivity index (χ3v) is 5.59. The maximum Gasteiger partial charge on any atom is 0.0731 e. The van der Waals surface area contributed by atoms with Crippen molar-refractivity contribution in [3.05, 3.63) is 70.6 Å². The van der Waals surface area contributed by atoms with Crippen LogP contribution >= 0.6 is 11.3 Å². The van der Waals surface area contributed by atoms with Crippen molar-refractivity contribution in [2.75, 3.05) is 0 Å². The Hall–Kier alpha value is -1.64. The van der Waals surface area contributed by atoms with E-state index in [1.165, 1.54) is 26.8 Å². The van der Waals surface area contributed by atoms with Crippen molar-refractivity contribution < 1.29 is 5.11 Å². The summed E-state index contributed by atoms with van der Waals surface area (Å²) in [6.45, 7) is 0. The van der Waals surface area contributed by atoms with Gasteiger partial charge in [0.2, 0.25) is 0 Å². The Kier molecular flexibility index (Phi) is 3.09. The number of hydrogen-bond acceptors (Lipinski definition) is 2. The van der Waals surface area contributed by atoms with Crippen molar-refractivity contribution in [1.29, 1.82) is 0 Å². The minimum Gasteiger partial charge on any atom is -0.389 e. The predicted octanol–water partition coefficient (Wildman–Crippen LogP) is 4.36. The minimum absolute atomic E-state index is 0.599. The quantitative estimate of drug-likeness (QED) is 0.744. The van der Waals surface area contributed by atoms with Gasteiger partial charge in [0.15, 0.2) is 0 Å². The summed E-state index contributed by atoms with van der Waals surface area (Å²) in [6.07, 6.45) is 3.36. The monoisotopic (exact) mass is 294 g/mol. The van der Waals surface area contributed by atoms with Crippen LogP contribution in [0.1, 0.15) is 23.1 Å². The average molecular weight is 294 g/mol. The van der Waals surface area contributed by atoms with Gasteiger partial charge < -0.3 is 5.11 Å². The Bertz CT molecular complexity index is 789. The first-order chi connectivity index (χ1) is 10.2. The molecule has 106 valence electrons. The normalized spacial score (nSPS) is 21.4. The average Bonchev–Trinajstić information content (AvgIpc) is 2.90. The van der Waals surface area contributed by atoms with Gasteiger partial charge in [-0.15, -0.1) is 11.3 Å². The van der Waals surface area contributed by atoms with Crippen LogP contribution in [0.25, 0.3) is 10.1 Å². The highest BCUT2D eigenvalue weighted by atomic mass is 32.1. The second-order valence-corrected chi connectivity index (χ2v) is 7.01. The standard InChI is InChI=1S/C19H18OS/c20-19(10-9-14-5-1-2-6-15(14)11-19)12-16-13-21-18-8-4-3-7-17(16)18/h1-8,13,20H,9-12H2. The summed E-state index contributed by atoms with van der Waals surface area (Å²) in [7, 11) is 0. The summed E-state index contributed by atoms with van der Waals surface area (Å²) in [4.78, 5) is 0. The molecule has 0 saturated heterocycles. The van der Waals surface area contributed by atoms with Crippen molar-refractivity contribution in [2.45, 2.75) is 31.3 Å². The van der Waals surface area contributed by atoms with Gasteiger partial charge in [-0.2, -0.15) is 0 Å². The molecule has 0 bridgehead atoms. The fraction of sp³-hybridized carbons (Fsp3) is 0.263. The summed E-state index contributed by atoms with van der Waals surface area (Å²) in [5.74, 6) is 0. The first kappa shape index (κ1) is 13.1. The molecular formula is C19H18OS. The lowest BCUT2D eigenvalue weighted by atomic mass is 9.77. The number of aliphatic hydroxyl groups is 1. The van der Waals surface area contributed by atoms with Gasteiger partial charge in [0, 0.05) is 17.5 Å². The van der Waals surface area contributed by atoms with Gasteiger partial charge >= 0.3 is 0 Å². The Morgan fingerprint density at radius 3 is 2.67 bits per heavy atom. The molecule has 2 aromatic carbocycles. The lowest BCUT2D eigenvalue weighted by Gasteiger charge is -2.33. The van der Waals surface area contributed by atoms with Crippen LogP contribution in [-0.2, 0) is 19.3 Å². The largest absolute Gasteiger partial charge is 0.389 e. The summed E-state index contributed by atoms with van der Waals surface area (Å²) >= 11 is 1.78. The topological polar surface area (TPSA) is 20.2 Å². The van der Waals surface area contributed by atoms with Crippen molar-refractivity contribution >= 4 is 21.4 Å². The van der Waals surface area contributed by atoms with E-state index in [2.05, 4.69) is 53.9 Å². The van der Waals surface area contributed by atoms with Gasteiger partial charge in [0.1, 0.15) is 0 Å². The van der Waals surface area contributed by atoms with Crippen molar-refractivity contribution in [3.8, 4) is 0 Å². The Balaban J connectivity index is 1.65. The minimum atomic E-state index is -0.599. The molecule has 4 rings (SSSR count). The first-order valence-electron chi connectivity index (χ1n) is 7.48.